The van der Waals surface area contributed by atoms with Gasteiger partial charge in [-0.25, -0.2) is 0 Å². The number of hydrogen-bond acceptors (Lipinski definition) is 5. The van der Waals surface area contributed by atoms with Crippen LogP contribution in [-0.2, 0) is 14.3 Å². The quantitative estimate of drug-likeness (QED) is 0.0321. The van der Waals surface area contributed by atoms with E-state index in [1.54, 1.807) is 6.08 Å². The Hall–Kier alpha value is -1.66. The van der Waals surface area contributed by atoms with Gasteiger partial charge in [-0.3, -0.25) is 9.59 Å². The molecule has 0 saturated carbocycles. The van der Waals surface area contributed by atoms with Crippen molar-refractivity contribution in [1.29, 1.82) is 0 Å². The number of aliphatic hydroxyl groups excluding tert-OH is 2. The van der Waals surface area contributed by atoms with Crippen molar-refractivity contribution in [1.82, 2.24) is 5.32 Å². The second-order valence-corrected chi connectivity index (χ2v) is 21.7. The molecular weight excluding hydrogens is 863 g/mol. The summed E-state index contributed by atoms with van der Waals surface area (Å²) in [4.78, 5) is 24.5. The predicted molar refractivity (Wildman–Crippen MR) is 306 cm³/mol. The van der Waals surface area contributed by atoms with E-state index in [1.165, 1.54) is 263 Å². The van der Waals surface area contributed by atoms with E-state index < -0.39 is 12.1 Å². The molecule has 0 aromatic carbocycles. The summed E-state index contributed by atoms with van der Waals surface area (Å²) in [6, 6.07) is -0.639. The van der Waals surface area contributed by atoms with Crippen molar-refractivity contribution in [3.05, 3.63) is 24.3 Å². The molecule has 0 aliphatic carbocycles. The van der Waals surface area contributed by atoms with Crippen LogP contribution in [0, 0.1) is 0 Å². The maximum atomic E-state index is 12.5. The highest BCUT2D eigenvalue weighted by molar-refractivity contribution is 5.76. The van der Waals surface area contributed by atoms with Crippen LogP contribution in [0.4, 0.5) is 0 Å². The van der Waals surface area contributed by atoms with E-state index in [1.807, 2.05) is 6.08 Å². The Morgan fingerprint density at radius 3 is 1.01 bits per heavy atom. The van der Waals surface area contributed by atoms with Crippen LogP contribution in [-0.4, -0.2) is 47.4 Å². The maximum Gasteiger partial charge on any atom is 0.305 e. The van der Waals surface area contributed by atoms with Gasteiger partial charge in [0.1, 0.15) is 0 Å². The molecule has 0 aliphatic rings. The zero-order valence-electron chi connectivity index (χ0n) is 47.3. The SMILES string of the molecule is CCCCCCCCCCCCCCCCCCCCCCC/C=C/C(O)C(CO)NC(=O)CCCCCCC/C=C\CCCCCCCCCCCOC(=O)CCCCCCCCCCCCCC. The van der Waals surface area contributed by atoms with E-state index in [9.17, 15) is 19.8 Å². The lowest BCUT2D eigenvalue weighted by Crippen LogP contribution is -2.45. The molecule has 0 saturated heterocycles. The van der Waals surface area contributed by atoms with Crippen molar-refractivity contribution >= 4 is 11.9 Å². The van der Waals surface area contributed by atoms with Crippen molar-refractivity contribution in [2.75, 3.05) is 13.2 Å². The molecule has 0 aromatic rings. The third kappa shape index (κ3) is 55.7. The van der Waals surface area contributed by atoms with Gasteiger partial charge in [0.15, 0.2) is 0 Å². The Balaban J connectivity index is 3.48. The average Bonchev–Trinajstić information content (AvgIpc) is 3.36. The number of unbranched alkanes of at least 4 members (excludes halogenated alkanes) is 46. The zero-order chi connectivity index (χ0) is 50.7. The Morgan fingerprint density at radius 2 is 0.671 bits per heavy atom. The highest BCUT2D eigenvalue weighted by atomic mass is 16.5. The van der Waals surface area contributed by atoms with Gasteiger partial charge in [-0.2, -0.15) is 0 Å². The van der Waals surface area contributed by atoms with Crippen LogP contribution in [0.25, 0.3) is 0 Å². The molecule has 6 heteroatoms. The topological polar surface area (TPSA) is 95.9 Å². The summed E-state index contributed by atoms with van der Waals surface area (Å²) in [5, 5.41) is 23.2. The van der Waals surface area contributed by atoms with Crippen molar-refractivity contribution in [2.24, 2.45) is 0 Å². The molecule has 3 N–H and O–H groups in total. The molecule has 0 bridgehead atoms. The molecule has 0 spiro atoms. The number of carbonyl (C=O) groups excluding carboxylic acids is 2. The van der Waals surface area contributed by atoms with Crippen LogP contribution >= 0.6 is 0 Å². The fraction of sp³-hybridized carbons (Fsp3) is 0.906. The van der Waals surface area contributed by atoms with Gasteiger partial charge in [0, 0.05) is 12.8 Å². The van der Waals surface area contributed by atoms with Crippen molar-refractivity contribution < 1.29 is 24.5 Å². The van der Waals surface area contributed by atoms with Crippen LogP contribution < -0.4 is 5.32 Å². The number of hydrogen-bond donors (Lipinski definition) is 3. The lowest BCUT2D eigenvalue weighted by molar-refractivity contribution is -0.143. The lowest BCUT2D eigenvalue weighted by Gasteiger charge is -2.20. The number of amides is 1. The second kappa shape index (κ2) is 59.9. The Kier molecular flexibility index (Phi) is 58.5. The number of rotatable bonds is 59. The van der Waals surface area contributed by atoms with Crippen LogP contribution in [0.5, 0.6) is 0 Å². The molecule has 0 heterocycles. The Morgan fingerprint density at radius 1 is 0.386 bits per heavy atom. The molecule has 2 unspecified atom stereocenters. The summed E-state index contributed by atoms with van der Waals surface area (Å²) in [5.74, 6) is -0.0754. The average molecular weight is 987 g/mol. The number of carbonyl (C=O) groups is 2. The van der Waals surface area contributed by atoms with Crippen molar-refractivity contribution in [3.63, 3.8) is 0 Å². The molecule has 70 heavy (non-hydrogen) atoms. The van der Waals surface area contributed by atoms with E-state index in [2.05, 4.69) is 31.3 Å². The number of nitrogens with one attached hydrogen (secondary N) is 1. The van der Waals surface area contributed by atoms with Gasteiger partial charge in [-0.05, 0) is 57.8 Å². The second-order valence-electron chi connectivity index (χ2n) is 21.7. The summed E-state index contributed by atoms with van der Waals surface area (Å²) >= 11 is 0. The highest BCUT2D eigenvalue weighted by Crippen LogP contribution is 2.18. The first kappa shape index (κ1) is 68.3. The minimum atomic E-state index is -0.854. The van der Waals surface area contributed by atoms with E-state index in [4.69, 9.17) is 4.74 Å². The zero-order valence-corrected chi connectivity index (χ0v) is 47.3. The summed E-state index contributed by atoms with van der Waals surface area (Å²) in [6.45, 7) is 4.91. The third-order valence-corrected chi connectivity index (χ3v) is 14.7. The molecule has 0 rings (SSSR count). The number of ether oxygens (including phenoxy) is 1. The molecule has 0 aromatic heterocycles. The smallest absolute Gasteiger partial charge is 0.305 e. The molecular formula is C64H123NO5. The molecule has 2 atom stereocenters. The maximum absolute atomic E-state index is 12.5. The van der Waals surface area contributed by atoms with Crippen molar-refractivity contribution in [3.8, 4) is 0 Å². The van der Waals surface area contributed by atoms with E-state index in [-0.39, 0.29) is 18.5 Å². The largest absolute Gasteiger partial charge is 0.466 e. The van der Waals surface area contributed by atoms with Gasteiger partial charge in [0.2, 0.25) is 5.91 Å². The first-order chi connectivity index (χ1) is 34.5. The van der Waals surface area contributed by atoms with Gasteiger partial charge < -0.3 is 20.3 Å². The fourth-order valence-corrected chi connectivity index (χ4v) is 9.87. The summed E-state index contributed by atoms with van der Waals surface area (Å²) in [5.41, 5.74) is 0. The summed E-state index contributed by atoms with van der Waals surface area (Å²) in [6.07, 6.45) is 73.6. The van der Waals surface area contributed by atoms with Crippen LogP contribution in [0.2, 0.25) is 0 Å². The normalized spacial score (nSPS) is 12.7. The van der Waals surface area contributed by atoms with Crippen LogP contribution in [0.1, 0.15) is 348 Å². The van der Waals surface area contributed by atoms with Gasteiger partial charge in [-0.15, -0.1) is 0 Å². The standard InChI is InChI=1S/C64H123NO5/c1-3-5-7-9-11-13-15-17-18-19-20-21-22-23-24-27-30-33-36-40-44-48-52-56-62(67)61(60-66)65-63(68)57-53-49-45-41-37-34-31-28-25-26-29-32-35-39-43-47-51-55-59-70-64(69)58-54-50-46-42-38-16-14-12-10-8-6-4-2/h28,31,52,56,61-62,66-67H,3-27,29-30,32-51,53-55,57-60H2,1-2H3,(H,65,68)/b31-28-,56-52+. The van der Waals surface area contributed by atoms with Gasteiger partial charge in [0.05, 0.1) is 25.4 Å². The Bertz CT molecular complexity index is 1090. The molecule has 414 valence electrons. The van der Waals surface area contributed by atoms with Crippen LogP contribution in [0.3, 0.4) is 0 Å². The number of esters is 1. The summed E-state index contributed by atoms with van der Waals surface area (Å²) in [7, 11) is 0. The fourth-order valence-electron chi connectivity index (χ4n) is 9.87. The van der Waals surface area contributed by atoms with Crippen molar-refractivity contribution in [2.45, 2.75) is 360 Å². The lowest BCUT2D eigenvalue weighted by atomic mass is 10.0. The predicted octanol–water partition coefficient (Wildman–Crippen LogP) is 19.8. The first-order valence-corrected chi connectivity index (χ1v) is 31.6. The third-order valence-electron chi connectivity index (χ3n) is 14.7. The van der Waals surface area contributed by atoms with E-state index in [0.717, 1.165) is 57.8 Å². The molecule has 0 aliphatic heterocycles. The molecule has 0 fully saturated rings. The number of aliphatic hydroxyl groups is 2. The Labute approximate surface area is 437 Å². The highest BCUT2D eigenvalue weighted by Gasteiger charge is 2.18. The molecule has 0 radical (unpaired) electrons. The minimum absolute atomic E-state index is 0.00338. The summed E-state index contributed by atoms with van der Waals surface area (Å²) < 4.78 is 5.47. The van der Waals surface area contributed by atoms with Crippen LogP contribution in [0.15, 0.2) is 24.3 Å². The monoisotopic (exact) mass is 986 g/mol. The van der Waals surface area contributed by atoms with Gasteiger partial charge in [-0.1, -0.05) is 301 Å². The van der Waals surface area contributed by atoms with E-state index in [0.29, 0.717) is 19.4 Å². The minimum Gasteiger partial charge on any atom is -0.466 e. The molecule has 6 nitrogen and oxygen atoms in total. The van der Waals surface area contributed by atoms with Gasteiger partial charge >= 0.3 is 5.97 Å². The first-order valence-electron chi connectivity index (χ1n) is 31.6. The molecule has 1 amide bonds. The van der Waals surface area contributed by atoms with E-state index >= 15 is 0 Å². The number of allylic oxidation sites excluding steroid dienone is 3. The van der Waals surface area contributed by atoms with Gasteiger partial charge in [0.25, 0.3) is 0 Å².